The zero-order valence-electron chi connectivity index (χ0n) is 15.5. The van der Waals surface area contributed by atoms with Gasteiger partial charge in [0.2, 0.25) is 0 Å². The number of halogens is 1. The Morgan fingerprint density at radius 1 is 1.30 bits per heavy atom. The quantitative estimate of drug-likeness (QED) is 0.560. The molecular weight excluding hydrogens is 410 g/mol. The van der Waals surface area contributed by atoms with E-state index in [0.29, 0.717) is 12.2 Å². The molecule has 1 amide bonds. The van der Waals surface area contributed by atoms with E-state index in [9.17, 15) is 4.79 Å². The lowest BCUT2D eigenvalue weighted by molar-refractivity contribution is 0.0947. The van der Waals surface area contributed by atoms with E-state index in [1.165, 1.54) is 0 Å². The van der Waals surface area contributed by atoms with Gasteiger partial charge in [-0.1, -0.05) is 0 Å². The maximum atomic E-state index is 12.3. The van der Waals surface area contributed by atoms with Crippen molar-refractivity contribution in [2.75, 3.05) is 13.7 Å². The molecule has 1 aromatic carbocycles. The molecule has 2 heterocycles. The Bertz CT molecular complexity index is 930. The lowest BCUT2D eigenvalue weighted by Gasteiger charge is -2.05. The molecule has 2 N–H and O–H groups in total. The number of H-pyrrole nitrogens is 1. The lowest BCUT2D eigenvalue weighted by Crippen LogP contribution is -2.25. The Hall–Kier alpha value is -2.61. The van der Waals surface area contributed by atoms with Crippen LogP contribution in [0, 0.1) is 13.8 Å². The van der Waals surface area contributed by atoms with Crippen molar-refractivity contribution in [1.82, 2.24) is 25.3 Å². The third-order valence-electron chi connectivity index (χ3n) is 4.33. The van der Waals surface area contributed by atoms with Gasteiger partial charge in [-0.15, -0.1) is 0 Å². The zero-order chi connectivity index (χ0) is 19.4. The number of aromatic nitrogens is 4. The number of carbonyl (C=O) groups excluding carboxylic acids is 1. The van der Waals surface area contributed by atoms with E-state index in [1.807, 2.05) is 42.8 Å². The molecule has 2 aromatic heterocycles. The summed E-state index contributed by atoms with van der Waals surface area (Å²) in [6.07, 6.45) is 0.791. The topological polar surface area (TPSA) is 84.8 Å². The SMILES string of the molecule is COc1ccc(-c2cc(C(=O)NCCCn3nc(C)c(Br)c3C)[nH]n2)cc1. The minimum atomic E-state index is -0.170. The molecule has 0 aliphatic carbocycles. The van der Waals surface area contributed by atoms with Crippen LogP contribution in [0.3, 0.4) is 0 Å². The zero-order valence-corrected chi connectivity index (χ0v) is 17.1. The van der Waals surface area contributed by atoms with Crippen LogP contribution in [0.5, 0.6) is 5.75 Å². The first kappa shape index (κ1) is 19.2. The number of amides is 1. The van der Waals surface area contributed by atoms with Gasteiger partial charge >= 0.3 is 0 Å². The number of ether oxygens (including phenoxy) is 1. The number of benzene rings is 1. The predicted molar refractivity (Wildman–Crippen MR) is 107 cm³/mol. The van der Waals surface area contributed by atoms with Gasteiger partial charge in [-0.05, 0) is 66.5 Å². The van der Waals surface area contributed by atoms with Crippen LogP contribution in [0.25, 0.3) is 11.3 Å². The maximum absolute atomic E-state index is 12.3. The molecule has 142 valence electrons. The number of nitrogens with zero attached hydrogens (tertiary/aromatic N) is 3. The second kappa shape index (κ2) is 8.39. The van der Waals surface area contributed by atoms with Crippen LogP contribution in [-0.4, -0.2) is 39.5 Å². The van der Waals surface area contributed by atoms with E-state index in [1.54, 1.807) is 13.2 Å². The highest BCUT2D eigenvalue weighted by Gasteiger charge is 2.12. The van der Waals surface area contributed by atoms with Gasteiger partial charge < -0.3 is 10.1 Å². The average molecular weight is 432 g/mol. The van der Waals surface area contributed by atoms with Crippen LogP contribution in [0.4, 0.5) is 0 Å². The van der Waals surface area contributed by atoms with Gasteiger partial charge in [0.25, 0.3) is 5.91 Å². The third-order valence-corrected chi connectivity index (χ3v) is 5.48. The number of rotatable bonds is 7. The highest BCUT2D eigenvalue weighted by molar-refractivity contribution is 9.10. The van der Waals surface area contributed by atoms with Gasteiger partial charge in [0.1, 0.15) is 11.4 Å². The Labute approximate surface area is 166 Å². The fraction of sp³-hybridized carbons (Fsp3) is 0.316. The lowest BCUT2D eigenvalue weighted by atomic mass is 10.1. The first-order valence-corrected chi connectivity index (χ1v) is 9.46. The molecule has 27 heavy (non-hydrogen) atoms. The number of carbonyl (C=O) groups is 1. The molecule has 0 saturated carbocycles. The summed E-state index contributed by atoms with van der Waals surface area (Å²) in [5, 5.41) is 14.4. The Kier molecular flexibility index (Phi) is 5.95. The maximum Gasteiger partial charge on any atom is 0.269 e. The number of nitrogens with one attached hydrogen (secondary N) is 2. The second-order valence-corrected chi connectivity index (χ2v) is 7.01. The Balaban J connectivity index is 1.52. The van der Waals surface area contributed by atoms with Crippen molar-refractivity contribution >= 4 is 21.8 Å². The summed E-state index contributed by atoms with van der Waals surface area (Å²) < 4.78 is 8.13. The fourth-order valence-corrected chi connectivity index (χ4v) is 3.05. The molecule has 0 fully saturated rings. The van der Waals surface area contributed by atoms with Gasteiger partial charge in [0.15, 0.2) is 0 Å². The average Bonchev–Trinajstić information content (AvgIpc) is 3.27. The minimum absolute atomic E-state index is 0.170. The summed E-state index contributed by atoms with van der Waals surface area (Å²) in [6, 6.07) is 9.28. The first-order chi connectivity index (χ1) is 13.0. The number of aromatic amines is 1. The molecule has 0 aliphatic rings. The smallest absolute Gasteiger partial charge is 0.269 e. The van der Waals surface area contributed by atoms with Crippen LogP contribution in [-0.2, 0) is 6.54 Å². The van der Waals surface area contributed by atoms with Crippen molar-refractivity contribution in [2.24, 2.45) is 0 Å². The molecule has 8 heteroatoms. The van der Waals surface area contributed by atoms with E-state index in [-0.39, 0.29) is 5.91 Å². The predicted octanol–water partition coefficient (Wildman–Crippen LogP) is 3.48. The van der Waals surface area contributed by atoms with Crippen molar-refractivity contribution in [3.8, 4) is 17.0 Å². The Morgan fingerprint density at radius 2 is 2.04 bits per heavy atom. The number of hydrogen-bond acceptors (Lipinski definition) is 4. The summed E-state index contributed by atoms with van der Waals surface area (Å²) in [5.74, 6) is 0.610. The van der Waals surface area contributed by atoms with Crippen molar-refractivity contribution in [3.05, 3.63) is 51.9 Å². The van der Waals surface area contributed by atoms with E-state index in [2.05, 4.69) is 36.5 Å². The van der Waals surface area contributed by atoms with Gasteiger partial charge in [0, 0.05) is 24.3 Å². The standard InChI is InChI=1S/C19H22BrN5O2/c1-12-18(20)13(2)25(24-12)10-4-9-21-19(26)17-11-16(22-23-17)14-5-7-15(27-3)8-6-14/h5-8,11H,4,9-10H2,1-3H3,(H,21,26)(H,22,23). The molecule has 0 radical (unpaired) electrons. The summed E-state index contributed by atoms with van der Waals surface area (Å²) in [5.41, 5.74) is 4.14. The normalized spacial score (nSPS) is 10.8. The fourth-order valence-electron chi connectivity index (χ4n) is 2.77. The molecule has 3 aromatic rings. The van der Waals surface area contributed by atoms with E-state index in [4.69, 9.17) is 4.74 Å². The van der Waals surface area contributed by atoms with E-state index < -0.39 is 0 Å². The van der Waals surface area contributed by atoms with Crippen LogP contribution >= 0.6 is 15.9 Å². The molecule has 3 rings (SSSR count). The van der Waals surface area contributed by atoms with Crippen molar-refractivity contribution < 1.29 is 9.53 Å². The largest absolute Gasteiger partial charge is 0.497 e. The number of methoxy groups -OCH3 is 1. The van der Waals surface area contributed by atoms with Crippen LogP contribution in [0.1, 0.15) is 28.3 Å². The molecule has 0 unspecified atom stereocenters. The van der Waals surface area contributed by atoms with Crippen LogP contribution in [0.15, 0.2) is 34.8 Å². The highest BCUT2D eigenvalue weighted by Crippen LogP contribution is 2.21. The van der Waals surface area contributed by atoms with Crippen LogP contribution in [0.2, 0.25) is 0 Å². The number of hydrogen-bond donors (Lipinski definition) is 2. The first-order valence-electron chi connectivity index (χ1n) is 8.67. The molecule has 7 nitrogen and oxygen atoms in total. The third kappa shape index (κ3) is 4.39. The summed E-state index contributed by atoms with van der Waals surface area (Å²) in [6.45, 7) is 5.30. The van der Waals surface area contributed by atoms with Gasteiger partial charge in [0.05, 0.1) is 23.0 Å². The monoisotopic (exact) mass is 431 g/mol. The molecule has 0 saturated heterocycles. The van der Waals surface area contributed by atoms with Crippen molar-refractivity contribution in [1.29, 1.82) is 0 Å². The Morgan fingerprint density at radius 3 is 2.67 bits per heavy atom. The molecular formula is C19H22BrN5O2. The summed E-state index contributed by atoms with van der Waals surface area (Å²) in [4.78, 5) is 12.3. The molecule has 0 bridgehead atoms. The molecule has 0 spiro atoms. The highest BCUT2D eigenvalue weighted by atomic mass is 79.9. The molecule has 0 aliphatic heterocycles. The minimum Gasteiger partial charge on any atom is -0.497 e. The summed E-state index contributed by atoms with van der Waals surface area (Å²) >= 11 is 3.52. The van der Waals surface area contributed by atoms with Gasteiger partial charge in [-0.3, -0.25) is 14.6 Å². The van der Waals surface area contributed by atoms with Gasteiger partial charge in [-0.25, -0.2) is 0 Å². The van der Waals surface area contributed by atoms with E-state index in [0.717, 1.165) is 45.8 Å². The van der Waals surface area contributed by atoms with E-state index >= 15 is 0 Å². The second-order valence-electron chi connectivity index (χ2n) is 6.21. The summed E-state index contributed by atoms with van der Waals surface area (Å²) in [7, 11) is 1.62. The number of aryl methyl sites for hydroxylation is 2. The van der Waals surface area contributed by atoms with Crippen molar-refractivity contribution in [3.63, 3.8) is 0 Å². The van der Waals surface area contributed by atoms with Crippen LogP contribution < -0.4 is 10.1 Å². The molecule has 0 atom stereocenters. The van der Waals surface area contributed by atoms with Crippen molar-refractivity contribution in [2.45, 2.75) is 26.8 Å². The van der Waals surface area contributed by atoms with Gasteiger partial charge in [-0.2, -0.15) is 10.2 Å².